The monoisotopic (exact) mass is 380 g/mol. The van der Waals surface area contributed by atoms with Gasteiger partial charge in [0, 0.05) is 36.7 Å². The molecular formula is C23H32N4O. The topological polar surface area (TPSA) is 57.3 Å². The first-order valence-electron chi connectivity index (χ1n) is 10.5. The fraction of sp³-hybridized carbons (Fsp3) is 0.478. The first kappa shape index (κ1) is 20.2. The number of carbonyl (C=O) groups excluding carboxylic acids is 1. The minimum atomic E-state index is -0.0309. The molecule has 1 saturated carbocycles. The van der Waals surface area contributed by atoms with Crippen molar-refractivity contribution in [3.63, 3.8) is 0 Å². The zero-order valence-electron chi connectivity index (χ0n) is 17.3. The summed E-state index contributed by atoms with van der Waals surface area (Å²) >= 11 is 0. The number of hydrogen-bond acceptors (Lipinski definition) is 4. The standard InChI is InChI=1S/C23H32N4O/c1-4-27(5-2)21-11-12-22(17(3)13-21)25-20-14-18(15-24-16-20)23(28)26-19-9-7-6-8-10-19/h11-16,19,25H,4-10H2,1-3H3,(H,26,28). The van der Waals surface area contributed by atoms with Crippen molar-refractivity contribution in [2.75, 3.05) is 23.3 Å². The van der Waals surface area contributed by atoms with E-state index in [9.17, 15) is 4.79 Å². The number of amides is 1. The lowest BCUT2D eigenvalue weighted by Crippen LogP contribution is -2.36. The molecule has 1 amide bonds. The third kappa shape index (κ3) is 5.03. The molecule has 1 heterocycles. The number of hydrogen-bond donors (Lipinski definition) is 2. The molecule has 150 valence electrons. The van der Waals surface area contributed by atoms with Gasteiger partial charge in [0.1, 0.15) is 0 Å². The van der Waals surface area contributed by atoms with Gasteiger partial charge >= 0.3 is 0 Å². The molecule has 0 unspecified atom stereocenters. The summed E-state index contributed by atoms with van der Waals surface area (Å²) in [7, 11) is 0. The second kappa shape index (κ2) is 9.58. The Morgan fingerprint density at radius 2 is 1.86 bits per heavy atom. The van der Waals surface area contributed by atoms with Gasteiger partial charge in [-0.05, 0) is 63.4 Å². The van der Waals surface area contributed by atoms with Crippen molar-refractivity contribution in [2.45, 2.75) is 58.9 Å². The van der Waals surface area contributed by atoms with E-state index in [1.165, 1.54) is 30.5 Å². The zero-order chi connectivity index (χ0) is 19.9. The summed E-state index contributed by atoms with van der Waals surface area (Å²) in [5, 5.41) is 6.57. The molecule has 2 N–H and O–H groups in total. The lowest BCUT2D eigenvalue weighted by molar-refractivity contribution is 0.0927. The molecule has 0 atom stereocenters. The van der Waals surface area contributed by atoms with Crippen LogP contribution in [0.25, 0.3) is 0 Å². The fourth-order valence-electron chi connectivity index (χ4n) is 3.88. The van der Waals surface area contributed by atoms with Crippen molar-refractivity contribution < 1.29 is 4.79 Å². The first-order valence-corrected chi connectivity index (χ1v) is 10.5. The number of nitrogens with zero attached hydrogens (tertiary/aromatic N) is 2. The number of nitrogens with one attached hydrogen (secondary N) is 2. The van der Waals surface area contributed by atoms with Crippen molar-refractivity contribution in [1.82, 2.24) is 10.3 Å². The van der Waals surface area contributed by atoms with Crippen LogP contribution in [0, 0.1) is 6.92 Å². The average Bonchev–Trinajstić information content (AvgIpc) is 2.72. The maximum atomic E-state index is 12.6. The highest BCUT2D eigenvalue weighted by Crippen LogP contribution is 2.26. The second-order valence-corrected chi connectivity index (χ2v) is 7.57. The Hall–Kier alpha value is -2.56. The quantitative estimate of drug-likeness (QED) is 0.706. The Morgan fingerprint density at radius 3 is 2.54 bits per heavy atom. The van der Waals surface area contributed by atoms with E-state index >= 15 is 0 Å². The Bertz CT molecular complexity index is 795. The fourth-order valence-corrected chi connectivity index (χ4v) is 3.88. The Morgan fingerprint density at radius 1 is 1.11 bits per heavy atom. The summed E-state index contributed by atoms with van der Waals surface area (Å²) < 4.78 is 0. The molecule has 0 spiro atoms. The van der Waals surface area contributed by atoms with Crippen molar-refractivity contribution in [3.8, 4) is 0 Å². The predicted octanol–water partition coefficient (Wildman–Crippen LogP) is 5.04. The molecule has 0 aliphatic heterocycles. The molecule has 1 aliphatic carbocycles. The third-order valence-corrected chi connectivity index (χ3v) is 5.56. The molecular weight excluding hydrogens is 348 g/mol. The molecule has 0 saturated heterocycles. The zero-order valence-corrected chi connectivity index (χ0v) is 17.3. The van der Waals surface area contributed by atoms with Crippen molar-refractivity contribution in [3.05, 3.63) is 47.8 Å². The molecule has 5 heteroatoms. The van der Waals surface area contributed by atoms with Gasteiger partial charge in [-0.3, -0.25) is 9.78 Å². The number of carbonyl (C=O) groups is 1. The van der Waals surface area contributed by atoms with Crippen LogP contribution in [-0.4, -0.2) is 30.0 Å². The SMILES string of the molecule is CCN(CC)c1ccc(Nc2cncc(C(=O)NC3CCCCC3)c2)c(C)c1. The molecule has 5 nitrogen and oxygen atoms in total. The highest BCUT2D eigenvalue weighted by atomic mass is 16.1. The van der Waals surface area contributed by atoms with E-state index in [1.54, 1.807) is 12.4 Å². The summed E-state index contributed by atoms with van der Waals surface area (Å²) in [6, 6.07) is 8.60. The number of pyridine rings is 1. The number of aromatic nitrogens is 1. The highest BCUT2D eigenvalue weighted by molar-refractivity contribution is 5.95. The summed E-state index contributed by atoms with van der Waals surface area (Å²) in [6.45, 7) is 8.42. The van der Waals surface area contributed by atoms with Crippen LogP contribution in [0.3, 0.4) is 0 Å². The van der Waals surface area contributed by atoms with Gasteiger partial charge < -0.3 is 15.5 Å². The normalized spacial score (nSPS) is 14.5. The Balaban J connectivity index is 1.69. The number of anilines is 3. The lowest BCUT2D eigenvalue weighted by atomic mass is 9.95. The van der Waals surface area contributed by atoms with Crippen molar-refractivity contribution >= 4 is 23.0 Å². The predicted molar refractivity (Wildman–Crippen MR) is 117 cm³/mol. The maximum absolute atomic E-state index is 12.6. The summed E-state index contributed by atoms with van der Waals surface area (Å²) in [6.07, 6.45) is 9.24. The van der Waals surface area contributed by atoms with Gasteiger partial charge in [-0.1, -0.05) is 19.3 Å². The van der Waals surface area contributed by atoms with E-state index in [4.69, 9.17) is 0 Å². The molecule has 1 aromatic carbocycles. The van der Waals surface area contributed by atoms with E-state index in [0.29, 0.717) is 11.6 Å². The largest absolute Gasteiger partial charge is 0.372 e. The van der Waals surface area contributed by atoms with Gasteiger partial charge in [0.25, 0.3) is 5.91 Å². The molecule has 28 heavy (non-hydrogen) atoms. The smallest absolute Gasteiger partial charge is 0.253 e. The van der Waals surface area contributed by atoms with Crippen LogP contribution in [0.2, 0.25) is 0 Å². The van der Waals surface area contributed by atoms with Gasteiger partial charge in [-0.2, -0.15) is 0 Å². The molecule has 0 bridgehead atoms. The van der Waals surface area contributed by atoms with Gasteiger partial charge in [0.05, 0.1) is 17.4 Å². The first-order chi connectivity index (χ1) is 13.6. The van der Waals surface area contributed by atoms with Crippen LogP contribution in [0.1, 0.15) is 61.9 Å². The maximum Gasteiger partial charge on any atom is 0.253 e. The average molecular weight is 381 g/mol. The number of rotatable bonds is 7. The van der Waals surface area contributed by atoms with Crippen LogP contribution in [0.5, 0.6) is 0 Å². The minimum Gasteiger partial charge on any atom is -0.372 e. The summed E-state index contributed by atoms with van der Waals surface area (Å²) in [4.78, 5) is 19.2. The van der Waals surface area contributed by atoms with E-state index < -0.39 is 0 Å². The summed E-state index contributed by atoms with van der Waals surface area (Å²) in [5.74, 6) is -0.0309. The van der Waals surface area contributed by atoms with Gasteiger partial charge in [-0.25, -0.2) is 0 Å². The van der Waals surface area contributed by atoms with Crippen LogP contribution in [0.15, 0.2) is 36.7 Å². The van der Waals surface area contributed by atoms with E-state index in [2.05, 4.69) is 59.5 Å². The van der Waals surface area contributed by atoms with Crippen LogP contribution in [0.4, 0.5) is 17.1 Å². The minimum absolute atomic E-state index is 0.0309. The van der Waals surface area contributed by atoms with Crippen LogP contribution in [-0.2, 0) is 0 Å². The molecule has 1 fully saturated rings. The molecule has 1 aromatic heterocycles. The van der Waals surface area contributed by atoms with Gasteiger partial charge in [0.2, 0.25) is 0 Å². The number of benzene rings is 1. The van der Waals surface area contributed by atoms with Crippen molar-refractivity contribution in [1.29, 1.82) is 0 Å². The number of aryl methyl sites for hydroxylation is 1. The third-order valence-electron chi connectivity index (χ3n) is 5.56. The van der Waals surface area contributed by atoms with E-state index in [1.807, 2.05) is 6.07 Å². The molecule has 3 rings (SSSR count). The van der Waals surface area contributed by atoms with E-state index in [-0.39, 0.29) is 5.91 Å². The lowest BCUT2D eigenvalue weighted by Gasteiger charge is -2.23. The molecule has 0 radical (unpaired) electrons. The van der Waals surface area contributed by atoms with Crippen LogP contribution < -0.4 is 15.5 Å². The summed E-state index contributed by atoms with van der Waals surface area (Å²) in [5.41, 5.74) is 4.86. The van der Waals surface area contributed by atoms with Gasteiger partial charge in [-0.15, -0.1) is 0 Å². The second-order valence-electron chi connectivity index (χ2n) is 7.57. The molecule has 1 aliphatic rings. The molecule has 2 aromatic rings. The van der Waals surface area contributed by atoms with Crippen molar-refractivity contribution in [2.24, 2.45) is 0 Å². The van der Waals surface area contributed by atoms with Gasteiger partial charge in [0.15, 0.2) is 0 Å². The highest BCUT2D eigenvalue weighted by Gasteiger charge is 2.17. The van der Waals surface area contributed by atoms with Crippen LogP contribution >= 0.6 is 0 Å². The Kier molecular flexibility index (Phi) is 6.90. The van der Waals surface area contributed by atoms with E-state index in [0.717, 1.165) is 37.3 Å². The Labute approximate surface area is 168 Å².